The number of nitro groups is 1. The highest BCUT2D eigenvalue weighted by atomic mass is 16.6. The van der Waals surface area contributed by atoms with Gasteiger partial charge in [-0.1, -0.05) is 0 Å². The number of rotatable bonds is 5. The zero-order valence-electron chi connectivity index (χ0n) is 9.69. The lowest BCUT2D eigenvalue weighted by atomic mass is 10.1. The Kier molecular flexibility index (Phi) is 3.93. The highest BCUT2D eigenvalue weighted by Crippen LogP contribution is 2.16. The maximum atomic E-state index is 10.5. The molecule has 0 unspecified atom stereocenters. The molecule has 1 atom stereocenters. The molecule has 0 spiro atoms. The molecule has 5 heteroatoms. The van der Waals surface area contributed by atoms with Crippen LogP contribution in [0.2, 0.25) is 0 Å². The first-order chi connectivity index (χ1) is 8.25. The Morgan fingerprint density at radius 1 is 1.41 bits per heavy atom. The normalized spacial score (nSPS) is 19.2. The summed E-state index contributed by atoms with van der Waals surface area (Å²) < 4.78 is 0. The number of hydrogen-bond acceptors (Lipinski definition) is 4. The van der Waals surface area contributed by atoms with Gasteiger partial charge in [0.05, 0.1) is 4.92 Å². The van der Waals surface area contributed by atoms with Gasteiger partial charge in [-0.15, -0.1) is 0 Å². The van der Waals surface area contributed by atoms with Gasteiger partial charge in [-0.05, 0) is 37.9 Å². The number of benzene rings is 1. The van der Waals surface area contributed by atoms with Crippen LogP contribution in [0.3, 0.4) is 0 Å². The lowest BCUT2D eigenvalue weighted by molar-refractivity contribution is -0.384. The van der Waals surface area contributed by atoms with Crippen LogP contribution in [0.25, 0.3) is 0 Å². The average molecular weight is 235 g/mol. The van der Waals surface area contributed by atoms with Crippen LogP contribution in [0.5, 0.6) is 0 Å². The summed E-state index contributed by atoms with van der Waals surface area (Å²) in [5, 5.41) is 17.2. The predicted molar refractivity (Wildman–Crippen MR) is 67.2 cm³/mol. The van der Waals surface area contributed by atoms with E-state index in [9.17, 15) is 10.1 Å². The lowest BCUT2D eigenvalue weighted by Gasteiger charge is -2.11. The molecule has 0 aromatic heterocycles. The first-order valence-electron chi connectivity index (χ1n) is 5.97. The molecule has 2 rings (SSSR count). The van der Waals surface area contributed by atoms with E-state index in [0.29, 0.717) is 6.04 Å². The molecule has 2 N–H and O–H groups in total. The fraction of sp³-hybridized carbons (Fsp3) is 0.500. The van der Waals surface area contributed by atoms with Crippen LogP contribution in [-0.2, 0) is 0 Å². The van der Waals surface area contributed by atoms with Crippen LogP contribution in [-0.4, -0.2) is 24.1 Å². The van der Waals surface area contributed by atoms with E-state index in [-0.39, 0.29) is 10.6 Å². The van der Waals surface area contributed by atoms with Gasteiger partial charge in [0, 0.05) is 30.4 Å². The van der Waals surface area contributed by atoms with Crippen molar-refractivity contribution in [2.45, 2.75) is 25.3 Å². The van der Waals surface area contributed by atoms with Crippen molar-refractivity contribution in [2.75, 3.05) is 18.4 Å². The van der Waals surface area contributed by atoms with Crippen molar-refractivity contribution in [3.05, 3.63) is 34.4 Å². The molecule has 0 amide bonds. The minimum absolute atomic E-state index is 0.132. The van der Waals surface area contributed by atoms with Crippen LogP contribution in [0.15, 0.2) is 24.3 Å². The quantitative estimate of drug-likeness (QED) is 0.606. The van der Waals surface area contributed by atoms with Gasteiger partial charge in [0.1, 0.15) is 0 Å². The summed E-state index contributed by atoms with van der Waals surface area (Å²) >= 11 is 0. The summed E-state index contributed by atoms with van der Waals surface area (Å²) in [6, 6.07) is 7.17. The third-order valence-electron chi connectivity index (χ3n) is 3.06. The fourth-order valence-corrected chi connectivity index (χ4v) is 2.09. The molecule has 1 aromatic carbocycles. The highest BCUT2D eigenvalue weighted by molar-refractivity contribution is 5.48. The van der Waals surface area contributed by atoms with E-state index in [2.05, 4.69) is 10.6 Å². The molecule has 1 aliphatic heterocycles. The molecule has 1 aliphatic rings. The minimum Gasteiger partial charge on any atom is -0.385 e. The second-order valence-electron chi connectivity index (χ2n) is 4.31. The summed E-state index contributed by atoms with van der Waals surface area (Å²) in [6.07, 6.45) is 3.61. The first-order valence-corrected chi connectivity index (χ1v) is 5.97. The monoisotopic (exact) mass is 235 g/mol. The van der Waals surface area contributed by atoms with Crippen LogP contribution < -0.4 is 10.6 Å². The van der Waals surface area contributed by atoms with Crippen LogP contribution in [0.1, 0.15) is 19.3 Å². The number of nitrogens with zero attached hydrogens (tertiary/aromatic N) is 1. The molecule has 0 bridgehead atoms. The zero-order valence-corrected chi connectivity index (χ0v) is 9.69. The Hall–Kier alpha value is -1.62. The Bertz CT molecular complexity index is 372. The molecule has 0 aliphatic carbocycles. The zero-order chi connectivity index (χ0) is 12.1. The molecular weight excluding hydrogens is 218 g/mol. The van der Waals surface area contributed by atoms with Crippen LogP contribution >= 0.6 is 0 Å². The number of hydrogen-bond donors (Lipinski definition) is 2. The van der Waals surface area contributed by atoms with Gasteiger partial charge < -0.3 is 10.6 Å². The van der Waals surface area contributed by atoms with Crippen molar-refractivity contribution in [3.63, 3.8) is 0 Å². The molecule has 1 aromatic rings. The van der Waals surface area contributed by atoms with Gasteiger partial charge in [0.25, 0.3) is 5.69 Å². The second-order valence-corrected chi connectivity index (χ2v) is 4.31. The third kappa shape index (κ3) is 3.42. The SMILES string of the molecule is O=[N+]([O-])c1ccc(NCC[C@@H]2CCCN2)cc1. The topological polar surface area (TPSA) is 67.2 Å². The summed E-state index contributed by atoms with van der Waals surface area (Å²) in [6.45, 7) is 2.03. The molecule has 1 heterocycles. The Labute approximate surface area is 100 Å². The van der Waals surface area contributed by atoms with E-state index >= 15 is 0 Å². The smallest absolute Gasteiger partial charge is 0.269 e. The van der Waals surface area contributed by atoms with Gasteiger partial charge in [-0.25, -0.2) is 0 Å². The minimum atomic E-state index is -0.383. The third-order valence-corrected chi connectivity index (χ3v) is 3.06. The summed E-state index contributed by atoms with van der Waals surface area (Å²) in [5.74, 6) is 0. The molecule has 0 saturated carbocycles. The van der Waals surface area contributed by atoms with Crippen molar-refractivity contribution in [3.8, 4) is 0 Å². The van der Waals surface area contributed by atoms with Crippen LogP contribution in [0.4, 0.5) is 11.4 Å². The first kappa shape index (κ1) is 11.9. The molecule has 17 heavy (non-hydrogen) atoms. The average Bonchev–Trinajstić information content (AvgIpc) is 2.83. The van der Waals surface area contributed by atoms with Gasteiger partial charge in [0.2, 0.25) is 0 Å². The highest BCUT2D eigenvalue weighted by Gasteiger charge is 2.12. The fourth-order valence-electron chi connectivity index (χ4n) is 2.09. The van der Waals surface area contributed by atoms with Gasteiger partial charge in [-0.2, -0.15) is 0 Å². The number of anilines is 1. The molecular formula is C12H17N3O2. The van der Waals surface area contributed by atoms with E-state index in [1.807, 2.05) is 0 Å². The van der Waals surface area contributed by atoms with Crippen LogP contribution in [0, 0.1) is 10.1 Å². The van der Waals surface area contributed by atoms with Crippen molar-refractivity contribution < 1.29 is 4.92 Å². The number of nitrogens with one attached hydrogen (secondary N) is 2. The summed E-state index contributed by atoms with van der Waals surface area (Å²) in [4.78, 5) is 10.1. The van der Waals surface area contributed by atoms with E-state index in [0.717, 1.165) is 25.2 Å². The molecule has 5 nitrogen and oxygen atoms in total. The number of non-ortho nitro benzene ring substituents is 1. The van der Waals surface area contributed by atoms with Gasteiger partial charge in [0.15, 0.2) is 0 Å². The molecule has 1 saturated heterocycles. The molecule has 92 valence electrons. The Balaban J connectivity index is 1.76. The predicted octanol–water partition coefficient (Wildman–Crippen LogP) is 2.15. The van der Waals surface area contributed by atoms with E-state index in [4.69, 9.17) is 0 Å². The van der Waals surface area contributed by atoms with Gasteiger partial charge in [-0.3, -0.25) is 10.1 Å². The van der Waals surface area contributed by atoms with E-state index in [1.54, 1.807) is 12.1 Å². The van der Waals surface area contributed by atoms with Gasteiger partial charge >= 0.3 is 0 Å². The van der Waals surface area contributed by atoms with Crippen molar-refractivity contribution >= 4 is 11.4 Å². The summed E-state index contributed by atoms with van der Waals surface area (Å²) in [5.41, 5.74) is 1.07. The Morgan fingerprint density at radius 2 is 2.18 bits per heavy atom. The largest absolute Gasteiger partial charge is 0.385 e. The molecule has 1 fully saturated rings. The maximum Gasteiger partial charge on any atom is 0.269 e. The van der Waals surface area contributed by atoms with Crippen molar-refractivity contribution in [1.82, 2.24) is 5.32 Å². The lowest BCUT2D eigenvalue weighted by Crippen LogP contribution is -2.24. The molecule has 0 radical (unpaired) electrons. The second kappa shape index (κ2) is 5.63. The maximum absolute atomic E-state index is 10.5. The van der Waals surface area contributed by atoms with Crippen molar-refractivity contribution in [1.29, 1.82) is 0 Å². The standard InChI is InChI=1S/C12H17N3O2/c16-15(17)12-5-3-11(4-6-12)14-9-7-10-2-1-8-13-10/h3-6,10,13-14H,1-2,7-9H2/t10-/m0/s1. The Morgan fingerprint density at radius 3 is 2.76 bits per heavy atom. The van der Waals surface area contributed by atoms with E-state index in [1.165, 1.54) is 25.0 Å². The van der Waals surface area contributed by atoms with E-state index < -0.39 is 0 Å². The summed E-state index contributed by atoms with van der Waals surface area (Å²) in [7, 11) is 0. The van der Waals surface area contributed by atoms with Crippen molar-refractivity contribution in [2.24, 2.45) is 0 Å². The number of nitro benzene ring substituents is 1.